The third-order valence-corrected chi connectivity index (χ3v) is 19.9. The molecule has 2 aromatic carbocycles. The number of methoxy groups -OCH3 is 2. The number of ether oxygens (including phenoxy) is 5. The first-order valence-electron chi connectivity index (χ1n) is 26.2. The van der Waals surface area contributed by atoms with Gasteiger partial charge in [0.15, 0.2) is 0 Å². The second-order valence-electron chi connectivity index (χ2n) is 21.1. The minimum absolute atomic E-state index is 0.0549. The predicted molar refractivity (Wildman–Crippen MR) is 308 cm³/mol. The Balaban J connectivity index is 0.000000165. The van der Waals surface area contributed by atoms with E-state index in [2.05, 4.69) is 85.9 Å². The topological polar surface area (TPSA) is 264 Å². The quantitative estimate of drug-likeness (QED) is 0.0493. The second kappa shape index (κ2) is 25.8. The lowest BCUT2D eigenvalue weighted by Gasteiger charge is -2.34. The van der Waals surface area contributed by atoms with Gasteiger partial charge in [0.05, 0.1) is 33.1 Å². The van der Waals surface area contributed by atoms with Gasteiger partial charge < -0.3 is 44.5 Å². The Kier molecular flexibility index (Phi) is 19.4. The van der Waals surface area contributed by atoms with Crippen molar-refractivity contribution in [3.8, 4) is 45.5 Å². The van der Waals surface area contributed by atoms with Crippen molar-refractivity contribution in [2.45, 2.75) is 93.3 Å². The molecule has 0 radical (unpaired) electrons. The fourth-order valence-corrected chi connectivity index (χ4v) is 13.7. The van der Waals surface area contributed by atoms with Crippen molar-refractivity contribution in [2.75, 3.05) is 99.5 Å². The van der Waals surface area contributed by atoms with Gasteiger partial charge in [-0.05, 0) is 123 Å². The number of anilines is 3. The number of aromatic nitrogens is 8. The fraction of sp³-hybridized carbons (Fsp3) is 0.500. The molecule has 4 aliphatic rings. The molecule has 6 aromatic rings. The van der Waals surface area contributed by atoms with E-state index < -0.39 is 28.1 Å². The number of H-pyrrole nitrogens is 1. The summed E-state index contributed by atoms with van der Waals surface area (Å²) in [5.74, 6) is 2.94. The van der Waals surface area contributed by atoms with E-state index in [9.17, 15) is 16.8 Å². The van der Waals surface area contributed by atoms with Crippen molar-refractivity contribution in [1.29, 1.82) is 0 Å². The first kappa shape index (κ1) is 59.3. The molecule has 4 aliphatic heterocycles. The SMILES string of the molecule is CN(C)C1CCN(S(=O)(=O)c2nc(Br)nn2COCC[Si](C)(C)C)CC1.COc1cc(-c2ccc3c(c2N)CCO3)ccn1.COc1cc(-c2ccc3c(c2Nc2n[nH]c(S(=O)(=O)N4CCC(N(C)C)CC4)n2)CCO3)ccn1. The van der Waals surface area contributed by atoms with Crippen molar-refractivity contribution in [3.63, 3.8) is 0 Å². The highest BCUT2D eigenvalue weighted by molar-refractivity contribution is 9.10. The Bertz CT molecular complexity index is 3270. The summed E-state index contributed by atoms with van der Waals surface area (Å²) in [6.07, 6.45) is 8.17. The van der Waals surface area contributed by atoms with Gasteiger partial charge in [-0.15, -0.1) is 10.2 Å². The summed E-state index contributed by atoms with van der Waals surface area (Å²) in [7, 11) is 2.62. The Hall–Kier alpha value is -5.78. The number of nitrogens with zero attached hydrogens (tertiary/aromatic N) is 11. The number of hydrogen-bond donors (Lipinski definition) is 3. The summed E-state index contributed by atoms with van der Waals surface area (Å²) in [5, 5.41) is 14.0. The fourth-order valence-electron chi connectivity index (χ4n) is 9.66. The minimum atomic E-state index is -3.77. The molecule has 10 rings (SSSR count). The zero-order valence-corrected chi connectivity index (χ0v) is 50.6. The number of sulfonamides is 2. The predicted octanol–water partition coefficient (Wildman–Crippen LogP) is 6.61. The third kappa shape index (κ3) is 14.4. The van der Waals surface area contributed by atoms with Crippen molar-refractivity contribution in [2.24, 2.45) is 0 Å². The van der Waals surface area contributed by atoms with Crippen molar-refractivity contribution >= 4 is 61.4 Å². The number of aromatic amines is 1. The molecule has 0 unspecified atom stereocenters. The maximum Gasteiger partial charge on any atom is 0.278 e. The molecule has 8 heterocycles. The number of fused-ring (bicyclic) bond motifs is 2. The summed E-state index contributed by atoms with van der Waals surface area (Å²) < 4.78 is 84.3. The van der Waals surface area contributed by atoms with Crippen molar-refractivity contribution < 1.29 is 40.5 Å². The van der Waals surface area contributed by atoms with Crippen LogP contribution in [-0.2, 0) is 44.4 Å². The summed E-state index contributed by atoms with van der Waals surface area (Å²) in [5.41, 5.74) is 13.6. The molecule has 4 N–H and O–H groups in total. The minimum Gasteiger partial charge on any atom is -0.493 e. The molecule has 428 valence electrons. The van der Waals surface area contributed by atoms with E-state index in [1.165, 1.54) is 13.3 Å². The number of rotatable bonds is 17. The van der Waals surface area contributed by atoms with Crippen LogP contribution in [0.4, 0.5) is 17.3 Å². The van der Waals surface area contributed by atoms with E-state index >= 15 is 0 Å². The first-order valence-corrected chi connectivity index (χ1v) is 33.6. The van der Waals surface area contributed by atoms with E-state index in [1.807, 2.05) is 76.7 Å². The van der Waals surface area contributed by atoms with Crippen LogP contribution in [0.3, 0.4) is 0 Å². The van der Waals surface area contributed by atoms with E-state index in [0.717, 1.165) is 94.4 Å². The summed E-state index contributed by atoms with van der Waals surface area (Å²) in [6.45, 7) is 10.7. The molecule has 0 bridgehead atoms. The van der Waals surface area contributed by atoms with E-state index in [-0.39, 0.29) is 27.7 Å². The van der Waals surface area contributed by atoms with Gasteiger partial charge in [0, 0.05) is 118 Å². The Labute approximate surface area is 472 Å². The van der Waals surface area contributed by atoms with E-state index in [4.69, 9.17) is 29.4 Å². The molecular formula is C52H73BrN14O9S2Si. The van der Waals surface area contributed by atoms with Gasteiger partial charge in [0.1, 0.15) is 18.2 Å². The average molecular weight is 1210 g/mol. The maximum atomic E-state index is 13.2. The van der Waals surface area contributed by atoms with Crippen LogP contribution in [0.5, 0.6) is 23.3 Å². The highest BCUT2D eigenvalue weighted by atomic mass is 79.9. The Morgan fingerprint density at radius 2 is 1.29 bits per heavy atom. The third-order valence-electron chi connectivity index (χ3n) is 14.3. The highest BCUT2D eigenvalue weighted by Gasteiger charge is 2.35. The van der Waals surface area contributed by atoms with Gasteiger partial charge >= 0.3 is 0 Å². The Morgan fingerprint density at radius 1 is 0.759 bits per heavy atom. The van der Waals surface area contributed by atoms with Gasteiger partial charge in [-0.1, -0.05) is 19.6 Å². The normalized spacial score (nSPS) is 16.3. The van der Waals surface area contributed by atoms with Crippen LogP contribution in [0.1, 0.15) is 36.8 Å². The van der Waals surface area contributed by atoms with Crippen LogP contribution >= 0.6 is 15.9 Å². The lowest BCUT2D eigenvalue weighted by molar-refractivity contribution is 0.0708. The Morgan fingerprint density at radius 3 is 1.85 bits per heavy atom. The number of nitrogen functional groups attached to an aromatic ring is 1. The lowest BCUT2D eigenvalue weighted by atomic mass is 9.99. The molecule has 79 heavy (non-hydrogen) atoms. The van der Waals surface area contributed by atoms with E-state index in [0.29, 0.717) is 76.3 Å². The lowest BCUT2D eigenvalue weighted by Crippen LogP contribution is -2.45. The number of hydrogen-bond acceptors (Lipinski definition) is 19. The van der Waals surface area contributed by atoms with Crippen molar-refractivity contribution in [3.05, 3.63) is 76.8 Å². The number of halogens is 1. The zero-order valence-electron chi connectivity index (χ0n) is 46.4. The van der Waals surface area contributed by atoms with E-state index in [1.54, 1.807) is 26.6 Å². The highest BCUT2D eigenvalue weighted by Crippen LogP contribution is 2.42. The van der Waals surface area contributed by atoms with Crippen LogP contribution in [0, 0.1) is 0 Å². The smallest absolute Gasteiger partial charge is 0.278 e. The summed E-state index contributed by atoms with van der Waals surface area (Å²) in [4.78, 5) is 21.0. The van der Waals surface area contributed by atoms with Gasteiger partial charge in [-0.3, -0.25) is 0 Å². The van der Waals surface area contributed by atoms with Crippen LogP contribution in [0.25, 0.3) is 22.3 Å². The van der Waals surface area contributed by atoms with Gasteiger partial charge in [0.25, 0.3) is 30.4 Å². The van der Waals surface area contributed by atoms with Gasteiger partial charge in [-0.25, -0.2) is 36.6 Å². The molecular weight excluding hydrogens is 1140 g/mol. The van der Waals surface area contributed by atoms with Gasteiger partial charge in [0.2, 0.25) is 22.4 Å². The molecule has 0 spiro atoms. The number of pyridine rings is 2. The monoisotopic (exact) mass is 1210 g/mol. The molecule has 0 atom stereocenters. The zero-order chi connectivity index (χ0) is 56.6. The molecule has 27 heteroatoms. The number of nitrogens with two attached hydrogens (primary N) is 1. The molecule has 2 saturated heterocycles. The van der Waals surface area contributed by atoms with Gasteiger partial charge in [-0.2, -0.15) is 18.6 Å². The molecule has 0 aliphatic carbocycles. The summed E-state index contributed by atoms with van der Waals surface area (Å²) in [6, 6.07) is 17.2. The number of benzene rings is 2. The molecule has 0 amide bonds. The largest absolute Gasteiger partial charge is 0.493 e. The molecule has 23 nitrogen and oxygen atoms in total. The van der Waals surface area contributed by atoms with Crippen LogP contribution in [0.15, 0.2) is 76.0 Å². The first-order chi connectivity index (χ1) is 37.7. The second-order valence-corrected chi connectivity index (χ2v) is 31.2. The number of nitrogens with one attached hydrogen (secondary N) is 2. The number of piperidine rings is 2. The summed E-state index contributed by atoms with van der Waals surface area (Å²) >= 11 is 3.19. The van der Waals surface area contributed by atoms with Crippen LogP contribution in [0.2, 0.25) is 25.7 Å². The van der Waals surface area contributed by atoms with Crippen LogP contribution < -0.4 is 30.0 Å². The van der Waals surface area contributed by atoms with Crippen molar-refractivity contribution in [1.82, 2.24) is 58.3 Å². The molecule has 2 fully saturated rings. The molecule has 4 aromatic heterocycles. The maximum absolute atomic E-state index is 13.2. The average Bonchev–Trinajstić information content (AvgIpc) is 4.34. The molecule has 0 saturated carbocycles. The van der Waals surface area contributed by atoms with Crippen LogP contribution in [-0.4, -0.2) is 184 Å². The standard InChI is InChI=1S/C23H29N7O4S.C15H30BrN5O3SSi.C14H14N2O2/c1-29(2)16-7-11-30(12-8-16)35(31,32)23-26-22(27-28-23)25-21-17(4-5-19-18(21)9-13-34-19)15-6-10-24-20(14-15)33-3;1-19(2)13-6-8-20(9-7-13)25(22,23)15-17-14(16)18-21(15)12-24-10-11-26(3,4)5;1-17-13-8-9(4-6-16-13)10-2-3-12-11(14(10)15)5-7-18-12/h4-6,10,14,16H,7-9,11-13H2,1-3H3,(H2,25,26,27,28);13H,6-12H2,1-5H3;2-4,6,8H,5,7,15H2,1H3.